The monoisotopic (exact) mass is 330 g/mol. The second-order valence-corrected chi connectivity index (χ2v) is 6.71. The number of rotatable bonds is 3. The van der Waals surface area contributed by atoms with E-state index < -0.39 is 5.41 Å². The van der Waals surface area contributed by atoms with Crippen LogP contribution in [0.3, 0.4) is 0 Å². The van der Waals surface area contributed by atoms with E-state index in [2.05, 4.69) is 6.92 Å². The van der Waals surface area contributed by atoms with Crippen molar-refractivity contribution in [3.05, 3.63) is 34.9 Å². The lowest BCUT2D eigenvalue weighted by molar-refractivity contribution is -0.136. The Kier molecular flexibility index (Phi) is 6.09. The maximum Gasteiger partial charge on any atom is 0.232 e. The van der Waals surface area contributed by atoms with Gasteiger partial charge in [0.15, 0.2) is 0 Å². The Morgan fingerprint density at radius 2 is 1.95 bits per heavy atom. The van der Waals surface area contributed by atoms with Crippen LogP contribution in [0.4, 0.5) is 0 Å². The van der Waals surface area contributed by atoms with E-state index in [0.717, 1.165) is 18.5 Å². The van der Waals surface area contributed by atoms with Crippen molar-refractivity contribution in [2.24, 2.45) is 11.7 Å². The Balaban J connectivity index is 0.00000220. The summed E-state index contributed by atoms with van der Waals surface area (Å²) in [6.07, 6.45) is 0.999. The van der Waals surface area contributed by atoms with Crippen LogP contribution in [0.15, 0.2) is 24.3 Å². The molecule has 1 aromatic carbocycles. The molecule has 3 nitrogen and oxygen atoms in total. The van der Waals surface area contributed by atoms with Crippen molar-refractivity contribution in [2.45, 2.75) is 38.6 Å². The fraction of sp³-hybridized carbons (Fsp3) is 0.562. The van der Waals surface area contributed by atoms with Crippen LogP contribution in [0.25, 0.3) is 0 Å². The van der Waals surface area contributed by atoms with E-state index in [0.29, 0.717) is 17.5 Å². The fourth-order valence-corrected chi connectivity index (χ4v) is 3.07. The van der Waals surface area contributed by atoms with E-state index in [-0.39, 0.29) is 24.4 Å². The van der Waals surface area contributed by atoms with Gasteiger partial charge in [0, 0.05) is 17.6 Å². The number of nitrogens with two attached hydrogens (primary N) is 1. The summed E-state index contributed by atoms with van der Waals surface area (Å²) in [5, 5.41) is 0.690. The SMILES string of the molecule is CC1CC(CN)CN1C(=O)C(C)(C)c1ccc(Cl)cc1.Cl. The first-order valence-electron chi connectivity index (χ1n) is 7.13. The van der Waals surface area contributed by atoms with Gasteiger partial charge < -0.3 is 10.6 Å². The van der Waals surface area contributed by atoms with E-state index in [1.165, 1.54) is 0 Å². The third-order valence-corrected chi connectivity index (χ3v) is 4.61. The highest BCUT2D eigenvalue weighted by Crippen LogP contribution is 2.31. The summed E-state index contributed by atoms with van der Waals surface area (Å²) in [7, 11) is 0. The van der Waals surface area contributed by atoms with E-state index in [1.54, 1.807) is 0 Å². The van der Waals surface area contributed by atoms with Crippen molar-refractivity contribution >= 4 is 29.9 Å². The second-order valence-electron chi connectivity index (χ2n) is 6.28. The molecule has 2 atom stereocenters. The molecular weight excluding hydrogens is 307 g/mol. The number of likely N-dealkylation sites (tertiary alicyclic amines) is 1. The molecule has 5 heteroatoms. The minimum atomic E-state index is -0.539. The van der Waals surface area contributed by atoms with Gasteiger partial charge in [-0.15, -0.1) is 12.4 Å². The molecule has 1 fully saturated rings. The largest absolute Gasteiger partial charge is 0.339 e. The number of hydrogen-bond acceptors (Lipinski definition) is 2. The molecule has 118 valence electrons. The quantitative estimate of drug-likeness (QED) is 0.924. The number of carbonyl (C=O) groups is 1. The zero-order valence-corrected chi connectivity index (χ0v) is 14.4. The highest BCUT2D eigenvalue weighted by atomic mass is 35.5. The molecule has 1 aliphatic rings. The first-order chi connectivity index (χ1) is 9.36. The number of carbonyl (C=O) groups excluding carboxylic acids is 1. The van der Waals surface area contributed by atoms with Crippen LogP contribution in [-0.4, -0.2) is 29.9 Å². The molecule has 2 N–H and O–H groups in total. The van der Waals surface area contributed by atoms with Gasteiger partial charge in [0.2, 0.25) is 5.91 Å². The Bertz CT molecular complexity index is 488. The molecule has 0 aliphatic carbocycles. The number of nitrogens with zero attached hydrogens (tertiary/aromatic N) is 1. The summed E-state index contributed by atoms with van der Waals surface area (Å²) in [5.74, 6) is 0.596. The minimum absolute atomic E-state index is 0. The van der Waals surface area contributed by atoms with Crippen molar-refractivity contribution in [1.82, 2.24) is 4.90 Å². The molecule has 2 rings (SSSR count). The molecule has 1 aliphatic heterocycles. The average molecular weight is 331 g/mol. The van der Waals surface area contributed by atoms with Gasteiger partial charge in [-0.1, -0.05) is 23.7 Å². The standard InChI is InChI=1S/C16H23ClN2O.ClH/c1-11-8-12(9-18)10-19(11)15(20)16(2,3)13-4-6-14(17)7-5-13;/h4-7,11-12H,8-10,18H2,1-3H3;1H. The van der Waals surface area contributed by atoms with E-state index >= 15 is 0 Å². The van der Waals surface area contributed by atoms with E-state index in [9.17, 15) is 4.79 Å². The average Bonchev–Trinajstić information content (AvgIpc) is 2.79. The zero-order chi connectivity index (χ0) is 14.9. The van der Waals surface area contributed by atoms with Crippen molar-refractivity contribution in [3.63, 3.8) is 0 Å². The van der Waals surface area contributed by atoms with Gasteiger partial charge in [-0.3, -0.25) is 4.79 Å². The minimum Gasteiger partial charge on any atom is -0.339 e. The highest BCUT2D eigenvalue weighted by molar-refractivity contribution is 6.30. The van der Waals surface area contributed by atoms with Crippen molar-refractivity contribution < 1.29 is 4.79 Å². The van der Waals surface area contributed by atoms with E-state index in [1.807, 2.05) is 43.0 Å². The third-order valence-electron chi connectivity index (χ3n) is 4.36. The number of hydrogen-bond donors (Lipinski definition) is 1. The molecule has 2 unspecified atom stereocenters. The van der Waals surface area contributed by atoms with Gasteiger partial charge in [0.25, 0.3) is 0 Å². The van der Waals surface area contributed by atoms with Crippen LogP contribution in [-0.2, 0) is 10.2 Å². The van der Waals surface area contributed by atoms with Gasteiger partial charge in [-0.05, 0) is 57.4 Å². The van der Waals surface area contributed by atoms with Crippen LogP contribution >= 0.6 is 24.0 Å². The first kappa shape index (κ1) is 18.3. The summed E-state index contributed by atoms with van der Waals surface area (Å²) >= 11 is 5.92. The predicted molar refractivity (Wildman–Crippen MR) is 90.1 cm³/mol. The predicted octanol–water partition coefficient (Wildman–Crippen LogP) is 3.24. The van der Waals surface area contributed by atoms with Crippen LogP contribution in [0.1, 0.15) is 32.8 Å². The number of halogens is 2. The molecule has 0 bridgehead atoms. The molecule has 1 saturated heterocycles. The Morgan fingerprint density at radius 1 is 1.38 bits per heavy atom. The van der Waals surface area contributed by atoms with Crippen molar-refractivity contribution in [2.75, 3.05) is 13.1 Å². The molecule has 0 aromatic heterocycles. The lowest BCUT2D eigenvalue weighted by atomic mass is 9.83. The summed E-state index contributed by atoms with van der Waals surface area (Å²) in [5.41, 5.74) is 6.20. The number of benzene rings is 1. The van der Waals surface area contributed by atoms with Gasteiger partial charge in [0.05, 0.1) is 5.41 Å². The smallest absolute Gasteiger partial charge is 0.232 e. The molecule has 0 radical (unpaired) electrons. The molecular formula is C16H24Cl2N2O. The summed E-state index contributed by atoms with van der Waals surface area (Å²) < 4.78 is 0. The molecule has 21 heavy (non-hydrogen) atoms. The second kappa shape index (κ2) is 6.99. The Labute approximate surface area is 138 Å². The zero-order valence-electron chi connectivity index (χ0n) is 12.8. The van der Waals surface area contributed by atoms with E-state index in [4.69, 9.17) is 17.3 Å². The lowest BCUT2D eigenvalue weighted by Crippen LogP contribution is -2.45. The van der Waals surface area contributed by atoms with Gasteiger partial charge >= 0.3 is 0 Å². The van der Waals surface area contributed by atoms with Gasteiger partial charge in [-0.2, -0.15) is 0 Å². The molecule has 1 aromatic rings. The van der Waals surface area contributed by atoms with Crippen LogP contribution in [0, 0.1) is 5.92 Å². The maximum absolute atomic E-state index is 12.9. The maximum atomic E-state index is 12.9. The summed E-state index contributed by atoms with van der Waals surface area (Å²) in [6.45, 7) is 7.47. The van der Waals surface area contributed by atoms with Gasteiger partial charge in [0.1, 0.15) is 0 Å². The molecule has 1 heterocycles. The Hall–Kier alpha value is -0.770. The van der Waals surface area contributed by atoms with Crippen LogP contribution in [0.5, 0.6) is 0 Å². The number of amides is 1. The first-order valence-corrected chi connectivity index (χ1v) is 7.51. The fourth-order valence-electron chi connectivity index (χ4n) is 2.95. The Morgan fingerprint density at radius 3 is 2.43 bits per heavy atom. The van der Waals surface area contributed by atoms with Crippen molar-refractivity contribution in [3.8, 4) is 0 Å². The van der Waals surface area contributed by atoms with Gasteiger partial charge in [-0.25, -0.2) is 0 Å². The molecule has 0 saturated carbocycles. The van der Waals surface area contributed by atoms with Crippen molar-refractivity contribution in [1.29, 1.82) is 0 Å². The topological polar surface area (TPSA) is 46.3 Å². The molecule has 1 amide bonds. The summed E-state index contributed by atoms with van der Waals surface area (Å²) in [4.78, 5) is 14.9. The van der Waals surface area contributed by atoms with Crippen LogP contribution in [0.2, 0.25) is 5.02 Å². The summed E-state index contributed by atoms with van der Waals surface area (Å²) in [6, 6.07) is 7.80. The molecule has 0 spiro atoms. The normalized spacial score (nSPS) is 22.0. The van der Waals surface area contributed by atoms with Crippen LogP contribution < -0.4 is 5.73 Å². The lowest BCUT2D eigenvalue weighted by Gasteiger charge is -2.32. The third kappa shape index (κ3) is 3.71. The highest BCUT2D eigenvalue weighted by Gasteiger charge is 2.39.